The molecule has 0 aliphatic heterocycles. The third-order valence-electron chi connectivity index (χ3n) is 3.49. The molecule has 1 unspecified atom stereocenters. The van der Waals surface area contributed by atoms with Crippen molar-refractivity contribution in [2.75, 3.05) is 13.7 Å². The highest BCUT2D eigenvalue weighted by atomic mass is 16.5. The first kappa shape index (κ1) is 18.8. The quantitative estimate of drug-likeness (QED) is 0.767. The monoisotopic (exact) mass is 323 g/mol. The molecule has 0 saturated carbocycles. The van der Waals surface area contributed by atoms with Crippen LogP contribution in [0, 0.1) is 11.3 Å². The zero-order valence-corrected chi connectivity index (χ0v) is 14.3. The summed E-state index contributed by atoms with van der Waals surface area (Å²) in [7, 11) is 1.58. The highest BCUT2D eigenvalue weighted by Gasteiger charge is 2.33. The average molecular weight is 323 g/mol. The summed E-state index contributed by atoms with van der Waals surface area (Å²) in [6, 6.07) is 6.12. The molecule has 128 valence electrons. The largest absolute Gasteiger partial charge is 0.497 e. The fourth-order valence-electron chi connectivity index (χ4n) is 1.85. The van der Waals surface area contributed by atoms with Crippen LogP contribution >= 0.6 is 0 Å². The first-order chi connectivity index (χ1) is 10.7. The van der Waals surface area contributed by atoms with Crippen LogP contribution < -0.4 is 14.8 Å². The van der Waals surface area contributed by atoms with Gasteiger partial charge in [0.05, 0.1) is 12.5 Å². The maximum Gasteiger partial charge on any atom is 0.326 e. The number of benzene rings is 1. The Morgan fingerprint density at radius 2 is 1.70 bits per heavy atom. The summed E-state index contributed by atoms with van der Waals surface area (Å²) in [5.41, 5.74) is -0.859. The fraction of sp³-hybridized carbons (Fsp3) is 0.529. The number of carboxylic acids is 1. The maximum absolute atomic E-state index is 12.3. The van der Waals surface area contributed by atoms with Crippen molar-refractivity contribution in [3.63, 3.8) is 0 Å². The van der Waals surface area contributed by atoms with Gasteiger partial charge in [-0.1, -0.05) is 13.8 Å². The van der Waals surface area contributed by atoms with Gasteiger partial charge in [-0.2, -0.15) is 0 Å². The van der Waals surface area contributed by atoms with Gasteiger partial charge >= 0.3 is 5.97 Å². The number of carbonyl (C=O) groups excluding carboxylic acids is 1. The molecule has 1 aromatic carbocycles. The van der Waals surface area contributed by atoms with Gasteiger partial charge in [-0.25, -0.2) is 4.79 Å². The Morgan fingerprint density at radius 1 is 1.17 bits per heavy atom. The van der Waals surface area contributed by atoms with E-state index in [1.54, 1.807) is 59.1 Å². The lowest BCUT2D eigenvalue weighted by Crippen LogP contribution is -2.50. The summed E-state index contributed by atoms with van der Waals surface area (Å²) in [5, 5.41) is 11.7. The van der Waals surface area contributed by atoms with E-state index in [2.05, 4.69) is 5.32 Å². The van der Waals surface area contributed by atoms with Gasteiger partial charge in [0.2, 0.25) is 5.91 Å². The van der Waals surface area contributed by atoms with E-state index in [4.69, 9.17) is 14.6 Å². The second-order valence-electron chi connectivity index (χ2n) is 6.38. The number of hydrogen-bond donors (Lipinski definition) is 2. The van der Waals surface area contributed by atoms with Crippen molar-refractivity contribution >= 4 is 11.9 Å². The smallest absolute Gasteiger partial charge is 0.326 e. The van der Waals surface area contributed by atoms with Crippen molar-refractivity contribution in [1.82, 2.24) is 5.32 Å². The van der Waals surface area contributed by atoms with Crippen molar-refractivity contribution in [3.8, 4) is 11.5 Å². The Balaban J connectivity index is 2.65. The topological polar surface area (TPSA) is 84.9 Å². The van der Waals surface area contributed by atoms with Crippen LogP contribution in [0.25, 0.3) is 0 Å². The summed E-state index contributed by atoms with van der Waals surface area (Å²) < 4.78 is 10.7. The Morgan fingerprint density at radius 3 is 2.13 bits per heavy atom. The van der Waals surface area contributed by atoms with Crippen molar-refractivity contribution < 1.29 is 24.2 Å². The molecule has 6 heteroatoms. The lowest BCUT2D eigenvalue weighted by molar-refractivity contribution is -0.145. The summed E-state index contributed by atoms with van der Waals surface area (Å²) in [6.07, 6.45) is 0. The molecule has 23 heavy (non-hydrogen) atoms. The van der Waals surface area contributed by atoms with Crippen LogP contribution in [0.1, 0.15) is 27.7 Å². The van der Waals surface area contributed by atoms with Gasteiger partial charge in [0.1, 0.15) is 24.1 Å². The van der Waals surface area contributed by atoms with E-state index in [1.165, 1.54) is 0 Å². The van der Waals surface area contributed by atoms with E-state index in [1.807, 2.05) is 0 Å². The molecule has 0 bridgehead atoms. The maximum atomic E-state index is 12.3. The zero-order valence-electron chi connectivity index (χ0n) is 14.3. The highest BCUT2D eigenvalue weighted by Crippen LogP contribution is 2.22. The Hall–Kier alpha value is -2.24. The Bertz CT molecular complexity index is 536. The third kappa shape index (κ3) is 5.47. The first-order valence-corrected chi connectivity index (χ1v) is 7.48. The van der Waals surface area contributed by atoms with E-state index in [0.29, 0.717) is 5.75 Å². The van der Waals surface area contributed by atoms with Crippen molar-refractivity contribution in [1.29, 1.82) is 0 Å². The van der Waals surface area contributed by atoms with Crippen LogP contribution in [0.3, 0.4) is 0 Å². The molecule has 1 amide bonds. The fourth-order valence-corrected chi connectivity index (χ4v) is 1.85. The first-order valence-electron chi connectivity index (χ1n) is 7.48. The second-order valence-corrected chi connectivity index (χ2v) is 6.38. The molecule has 0 radical (unpaired) electrons. The molecular weight excluding hydrogens is 298 g/mol. The predicted molar refractivity (Wildman–Crippen MR) is 86.7 cm³/mol. The second kappa shape index (κ2) is 7.85. The number of rotatable bonds is 8. The van der Waals surface area contributed by atoms with Gasteiger partial charge in [0.25, 0.3) is 0 Å². The Labute approximate surface area is 136 Å². The van der Waals surface area contributed by atoms with Crippen LogP contribution in [-0.2, 0) is 9.59 Å². The van der Waals surface area contributed by atoms with Gasteiger partial charge in [-0.3, -0.25) is 4.79 Å². The molecule has 2 N–H and O–H groups in total. The lowest BCUT2D eigenvalue weighted by atomic mass is 9.92. The van der Waals surface area contributed by atoms with Crippen LogP contribution in [0.5, 0.6) is 11.5 Å². The zero-order chi connectivity index (χ0) is 17.6. The van der Waals surface area contributed by atoms with Gasteiger partial charge in [0.15, 0.2) is 0 Å². The van der Waals surface area contributed by atoms with E-state index < -0.39 is 17.4 Å². The number of carbonyl (C=O) groups is 2. The minimum Gasteiger partial charge on any atom is -0.497 e. The van der Waals surface area contributed by atoms with Crippen LogP contribution in [0.4, 0.5) is 0 Å². The number of nitrogens with one attached hydrogen (secondary N) is 1. The number of methoxy groups -OCH3 is 1. The molecule has 0 aliphatic carbocycles. The van der Waals surface area contributed by atoms with Gasteiger partial charge in [0, 0.05) is 0 Å². The number of amides is 1. The summed E-state index contributed by atoms with van der Waals surface area (Å²) in [5.74, 6) is -0.261. The van der Waals surface area contributed by atoms with Crippen LogP contribution in [0.15, 0.2) is 24.3 Å². The third-order valence-corrected chi connectivity index (χ3v) is 3.49. The highest BCUT2D eigenvalue weighted by molar-refractivity contribution is 5.87. The minimum atomic E-state index is -1.04. The lowest BCUT2D eigenvalue weighted by Gasteiger charge is -2.27. The number of aliphatic carboxylic acids is 1. The van der Waals surface area contributed by atoms with Gasteiger partial charge in [-0.05, 0) is 44.0 Å². The van der Waals surface area contributed by atoms with Crippen molar-refractivity contribution in [2.45, 2.75) is 33.7 Å². The van der Waals surface area contributed by atoms with E-state index in [9.17, 15) is 9.59 Å². The normalized spacial score (nSPS) is 12.6. The SMILES string of the molecule is COc1ccc(OCC(C)(C)C(=O)NC(C(=O)O)C(C)C)cc1. The standard InChI is InChI=1S/C17H25NO5/c1-11(2)14(15(19)20)18-16(21)17(3,4)10-23-13-8-6-12(22-5)7-9-13/h6-9,11,14H,10H2,1-5H3,(H,18,21)(H,19,20). The van der Waals surface area contributed by atoms with E-state index in [0.717, 1.165) is 5.75 Å². The molecule has 1 rings (SSSR count). The number of hydrogen-bond acceptors (Lipinski definition) is 4. The predicted octanol–water partition coefficient (Wildman–Crippen LogP) is 2.33. The molecular formula is C17H25NO5. The molecule has 0 spiro atoms. The van der Waals surface area contributed by atoms with Crippen LogP contribution in [0.2, 0.25) is 0 Å². The van der Waals surface area contributed by atoms with E-state index >= 15 is 0 Å². The van der Waals surface area contributed by atoms with Gasteiger partial charge in [-0.15, -0.1) is 0 Å². The minimum absolute atomic E-state index is 0.135. The average Bonchev–Trinajstić information content (AvgIpc) is 2.50. The van der Waals surface area contributed by atoms with Crippen molar-refractivity contribution in [3.05, 3.63) is 24.3 Å². The van der Waals surface area contributed by atoms with Gasteiger partial charge < -0.3 is 19.9 Å². The Kier molecular flexibility index (Phi) is 6.42. The summed E-state index contributed by atoms with van der Waals surface area (Å²) in [6.45, 7) is 7.06. The summed E-state index contributed by atoms with van der Waals surface area (Å²) >= 11 is 0. The molecule has 1 atom stereocenters. The molecule has 0 fully saturated rings. The summed E-state index contributed by atoms with van der Waals surface area (Å²) in [4.78, 5) is 23.5. The molecule has 0 aliphatic rings. The number of ether oxygens (including phenoxy) is 2. The van der Waals surface area contributed by atoms with E-state index in [-0.39, 0.29) is 18.4 Å². The van der Waals surface area contributed by atoms with Crippen LogP contribution in [-0.4, -0.2) is 36.7 Å². The molecule has 0 heterocycles. The molecule has 0 aromatic heterocycles. The van der Waals surface area contributed by atoms with Crippen molar-refractivity contribution in [2.24, 2.45) is 11.3 Å². The molecule has 0 saturated heterocycles. The molecule has 6 nitrogen and oxygen atoms in total. The number of carboxylic acid groups (broad SMARTS) is 1. The molecule has 1 aromatic rings.